The summed E-state index contributed by atoms with van der Waals surface area (Å²) in [4.78, 5) is 37.7. The van der Waals surface area contributed by atoms with E-state index in [0.29, 0.717) is 25.6 Å². The van der Waals surface area contributed by atoms with Crippen LogP contribution in [0.5, 0.6) is 0 Å². The van der Waals surface area contributed by atoms with Crippen LogP contribution in [0.4, 0.5) is 4.79 Å². The van der Waals surface area contributed by atoms with E-state index in [2.05, 4.69) is 10.6 Å². The van der Waals surface area contributed by atoms with Gasteiger partial charge < -0.3 is 20.3 Å². The number of rotatable bonds is 6. The van der Waals surface area contributed by atoms with Gasteiger partial charge >= 0.3 is 6.09 Å². The van der Waals surface area contributed by atoms with Crippen molar-refractivity contribution < 1.29 is 19.1 Å². The molecule has 0 aromatic heterocycles. The van der Waals surface area contributed by atoms with E-state index in [1.807, 2.05) is 31.2 Å². The number of nitrogens with zero attached hydrogens (tertiary/aromatic N) is 1. The lowest BCUT2D eigenvalue weighted by Gasteiger charge is -2.32. The largest absolute Gasteiger partial charge is 0.444 e. The summed E-state index contributed by atoms with van der Waals surface area (Å²) in [5.74, 6) is 0.102. The molecule has 0 bridgehead atoms. The van der Waals surface area contributed by atoms with Crippen molar-refractivity contribution in [1.29, 1.82) is 0 Å². The third kappa shape index (κ3) is 8.68. The lowest BCUT2D eigenvalue weighted by molar-refractivity contribution is -0.131. The van der Waals surface area contributed by atoms with Gasteiger partial charge in [0.1, 0.15) is 12.1 Å². The van der Waals surface area contributed by atoms with Crippen molar-refractivity contribution in [2.75, 3.05) is 26.2 Å². The standard InChI is InChI=1S/C23H33N3O4/c1-17-6-5-7-18(14-17)8-9-20(27)24-15-19-10-12-26(13-11-19)21(28)16-25-22(29)30-23(2,3)4/h5-9,14,19H,10-13,15-16H2,1-4H3,(H,24,27)(H,25,29)/b9-8+. The maximum atomic E-state index is 12.3. The van der Waals surface area contributed by atoms with Gasteiger partial charge in [0.15, 0.2) is 0 Å². The molecule has 1 fully saturated rings. The molecule has 2 N–H and O–H groups in total. The fourth-order valence-corrected chi connectivity index (χ4v) is 3.21. The van der Waals surface area contributed by atoms with Gasteiger partial charge in [-0.2, -0.15) is 0 Å². The highest BCUT2D eigenvalue weighted by molar-refractivity contribution is 5.91. The van der Waals surface area contributed by atoms with E-state index in [-0.39, 0.29) is 18.4 Å². The molecule has 0 unspecified atom stereocenters. The third-order valence-corrected chi connectivity index (χ3v) is 4.78. The Bertz CT molecular complexity index is 775. The summed E-state index contributed by atoms with van der Waals surface area (Å²) in [5.41, 5.74) is 1.56. The quantitative estimate of drug-likeness (QED) is 0.700. The first kappa shape index (κ1) is 23.4. The van der Waals surface area contributed by atoms with E-state index in [4.69, 9.17) is 4.74 Å². The molecule has 1 aliphatic heterocycles. The molecule has 1 aliphatic rings. The van der Waals surface area contributed by atoms with Gasteiger partial charge in [-0.3, -0.25) is 9.59 Å². The Labute approximate surface area is 178 Å². The van der Waals surface area contributed by atoms with Crippen LogP contribution in [0, 0.1) is 12.8 Å². The van der Waals surface area contributed by atoms with E-state index in [1.54, 1.807) is 37.8 Å². The maximum absolute atomic E-state index is 12.3. The molecule has 1 heterocycles. The minimum absolute atomic E-state index is 0.0694. The Hall–Kier alpha value is -2.83. The number of carbonyl (C=O) groups is 3. The topological polar surface area (TPSA) is 87.7 Å². The number of piperidine rings is 1. The Morgan fingerprint density at radius 3 is 2.50 bits per heavy atom. The fraction of sp³-hybridized carbons (Fsp3) is 0.522. The molecule has 7 nitrogen and oxygen atoms in total. The van der Waals surface area contributed by atoms with Crippen LogP contribution in [0.15, 0.2) is 30.3 Å². The number of ether oxygens (including phenoxy) is 1. The Morgan fingerprint density at radius 2 is 1.87 bits per heavy atom. The summed E-state index contributed by atoms with van der Waals surface area (Å²) in [6.45, 7) is 9.10. The number of carbonyl (C=O) groups excluding carboxylic acids is 3. The second-order valence-electron chi connectivity index (χ2n) is 8.67. The molecule has 164 valence electrons. The highest BCUT2D eigenvalue weighted by Crippen LogP contribution is 2.16. The van der Waals surface area contributed by atoms with E-state index >= 15 is 0 Å². The molecule has 0 radical (unpaired) electrons. The predicted octanol–water partition coefficient (Wildman–Crippen LogP) is 2.89. The number of aryl methyl sites for hydroxylation is 1. The van der Waals surface area contributed by atoms with Crippen molar-refractivity contribution in [3.63, 3.8) is 0 Å². The van der Waals surface area contributed by atoms with Crippen LogP contribution < -0.4 is 10.6 Å². The van der Waals surface area contributed by atoms with Gasteiger partial charge in [-0.05, 0) is 58.1 Å². The summed E-state index contributed by atoms with van der Waals surface area (Å²) in [6.07, 6.45) is 4.41. The molecule has 1 aromatic rings. The van der Waals surface area contributed by atoms with Crippen LogP contribution in [0.3, 0.4) is 0 Å². The average Bonchev–Trinajstić information content (AvgIpc) is 2.68. The summed E-state index contributed by atoms with van der Waals surface area (Å²) in [7, 11) is 0. The molecular weight excluding hydrogens is 382 g/mol. The lowest BCUT2D eigenvalue weighted by Crippen LogP contribution is -2.46. The van der Waals surface area contributed by atoms with Gasteiger partial charge in [-0.15, -0.1) is 0 Å². The SMILES string of the molecule is Cc1cccc(/C=C/C(=O)NCC2CCN(C(=O)CNC(=O)OC(C)(C)C)CC2)c1. The smallest absolute Gasteiger partial charge is 0.408 e. The number of likely N-dealkylation sites (tertiary alicyclic amines) is 1. The van der Waals surface area contributed by atoms with E-state index in [9.17, 15) is 14.4 Å². The number of amides is 3. The molecule has 0 spiro atoms. The van der Waals surface area contributed by atoms with Crippen LogP contribution >= 0.6 is 0 Å². The lowest BCUT2D eigenvalue weighted by atomic mass is 9.96. The normalized spacial score (nSPS) is 15.1. The van der Waals surface area contributed by atoms with Crippen molar-refractivity contribution in [3.05, 3.63) is 41.5 Å². The van der Waals surface area contributed by atoms with Crippen molar-refractivity contribution >= 4 is 24.0 Å². The first-order chi connectivity index (χ1) is 14.1. The number of hydrogen-bond donors (Lipinski definition) is 2. The monoisotopic (exact) mass is 415 g/mol. The predicted molar refractivity (Wildman–Crippen MR) is 117 cm³/mol. The zero-order valence-corrected chi connectivity index (χ0v) is 18.4. The minimum atomic E-state index is -0.592. The second kappa shape index (κ2) is 10.8. The van der Waals surface area contributed by atoms with Crippen molar-refractivity contribution in [2.45, 2.75) is 46.1 Å². The molecule has 30 heavy (non-hydrogen) atoms. The molecule has 0 atom stereocenters. The van der Waals surface area contributed by atoms with Crippen LogP contribution in [0.1, 0.15) is 44.7 Å². The molecule has 0 saturated carbocycles. The molecule has 2 rings (SSSR count). The summed E-state index contributed by atoms with van der Waals surface area (Å²) >= 11 is 0. The minimum Gasteiger partial charge on any atom is -0.444 e. The maximum Gasteiger partial charge on any atom is 0.408 e. The fourth-order valence-electron chi connectivity index (χ4n) is 3.21. The number of nitrogens with one attached hydrogen (secondary N) is 2. The Balaban J connectivity index is 1.66. The average molecular weight is 416 g/mol. The van der Waals surface area contributed by atoms with E-state index in [0.717, 1.165) is 24.0 Å². The van der Waals surface area contributed by atoms with Crippen molar-refractivity contribution in [2.24, 2.45) is 5.92 Å². The second-order valence-corrected chi connectivity index (χ2v) is 8.67. The molecule has 3 amide bonds. The number of alkyl carbamates (subject to hydrolysis) is 1. The van der Waals surface area contributed by atoms with Crippen molar-refractivity contribution in [1.82, 2.24) is 15.5 Å². The number of benzene rings is 1. The first-order valence-electron chi connectivity index (χ1n) is 10.4. The Morgan fingerprint density at radius 1 is 1.17 bits per heavy atom. The summed E-state index contributed by atoms with van der Waals surface area (Å²) < 4.78 is 5.13. The summed E-state index contributed by atoms with van der Waals surface area (Å²) in [5, 5.41) is 5.44. The molecule has 1 saturated heterocycles. The first-order valence-corrected chi connectivity index (χ1v) is 10.4. The van der Waals surface area contributed by atoms with Crippen LogP contribution in [-0.4, -0.2) is 54.6 Å². The molecule has 7 heteroatoms. The zero-order valence-electron chi connectivity index (χ0n) is 18.4. The van der Waals surface area contributed by atoms with Gasteiger partial charge in [0.2, 0.25) is 11.8 Å². The van der Waals surface area contributed by atoms with E-state index < -0.39 is 11.7 Å². The number of hydrogen-bond acceptors (Lipinski definition) is 4. The van der Waals surface area contributed by atoms with Gasteiger partial charge in [0.05, 0.1) is 0 Å². The molecule has 0 aliphatic carbocycles. The van der Waals surface area contributed by atoms with Gasteiger partial charge in [0, 0.05) is 25.7 Å². The van der Waals surface area contributed by atoms with Crippen LogP contribution in [0.25, 0.3) is 6.08 Å². The van der Waals surface area contributed by atoms with Crippen LogP contribution in [-0.2, 0) is 14.3 Å². The van der Waals surface area contributed by atoms with Crippen molar-refractivity contribution in [3.8, 4) is 0 Å². The van der Waals surface area contributed by atoms with Gasteiger partial charge in [0.25, 0.3) is 0 Å². The Kier molecular flexibility index (Phi) is 8.45. The molecular formula is C23H33N3O4. The highest BCUT2D eigenvalue weighted by atomic mass is 16.6. The van der Waals surface area contributed by atoms with Gasteiger partial charge in [-0.1, -0.05) is 29.8 Å². The molecule has 1 aromatic carbocycles. The highest BCUT2D eigenvalue weighted by Gasteiger charge is 2.24. The van der Waals surface area contributed by atoms with Crippen LogP contribution in [0.2, 0.25) is 0 Å². The van der Waals surface area contributed by atoms with Gasteiger partial charge in [-0.25, -0.2) is 4.79 Å². The zero-order chi connectivity index (χ0) is 22.1. The van der Waals surface area contributed by atoms with E-state index in [1.165, 1.54) is 0 Å². The third-order valence-electron chi connectivity index (χ3n) is 4.78. The summed E-state index contributed by atoms with van der Waals surface area (Å²) in [6, 6.07) is 7.96.